The Bertz CT molecular complexity index is 1230. The summed E-state index contributed by atoms with van der Waals surface area (Å²) in [6.45, 7) is 2.46. The second-order valence-corrected chi connectivity index (χ2v) is 7.87. The highest BCUT2D eigenvalue weighted by molar-refractivity contribution is 5.96. The van der Waals surface area contributed by atoms with E-state index in [0.717, 1.165) is 12.8 Å². The fraction of sp³-hybridized carbons (Fsp3) is 0.214. The zero-order valence-corrected chi connectivity index (χ0v) is 20.7. The van der Waals surface area contributed by atoms with Crippen molar-refractivity contribution in [1.29, 1.82) is 0 Å². The molecule has 0 bridgehead atoms. The summed E-state index contributed by atoms with van der Waals surface area (Å²) in [7, 11) is 1.45. The lowest BCUT2D eigenvalue weighted by Crippen LogP contribution is -2.34. The molecule has 0 aliphatic carbocycles. The van der Waals surface area contributed by atoms with Crippen molar-refractivity contribution in [2.45, 2.75) is 19.8 Å². The molecule has 3 aromatic carbocycles. The Kier molecular flexibility index (Phi) is 10.2. The van der Waals surface area contributed by atoms with Gasteiger partial charge >= 0.3 is 5.97 Å². The lowest BCUT2D eigenvalue weighted by molar-refractivity contribution is -0.120. The van der Waals surface area contributed by atoms with Crippen molar-refractivity contribution in [3.8, 4) is 17.2 Å². The minimum Gasteiger partial charge on any atom is -0.494 e. The van der Waals surface area contributed by atoms with Crippen LogP contribution in [0.25, 0.3) is 0 Å². The van der Waals surface area contributed by atoms with E-state index < -0.39 is 11.9 Å². The van der Waals surface area contributed by atoms with Crippen LogP contribution in [0.5, 0.6) is 17.2 Å². The molecular formula is C28H29N3O6. The number of hydrogen-bond acceptors (Lipinski definition) is 7. The van der Waals surface area contributed by atoms with Gasteiger partial charge in [-0.15, -0.1) is 0 Å². The molecule has 2 N–H and O–H groups in total. The topological polar surface area (TPSA) is 115 Å². The number of nitrogens with one attached hydrogen (secondary N) is 2. The Hall–Kier alpha value is -4.66. The van der Waals surface area contributed by atoms with Crippen molar-refractivity contribution in [3.63, 3.8) is 0 Å². The number of carbonyl (C=O) groups excluding carboxylic acids is 3. The fourth-order valence-corrected chi connectivity index (χ4v) is 3.10. The molecule has 0 saturated carbocycles. The summed E-state index contributed by atoms with van der Waals surface area (Å²) in [5, 5.41) is 6.44. The standard InChI is InChI=1S/C28H29N3O6/c1-3-4-16-36-23-13-11-21(12-14-23)27(33)29-19-26(32)31-30-18-20-10-15-24(25(17-20)35-2)37-28(34)22-8-6-5-7-9-22/h5-15,17-18H,3-4,16,19H2,1-2H3,(H,29,33)(H,31,32)/b30-18-. The molecule has 0 aliphatic heterocycles. The average Bonchev–Trinajstić information content (AvgIpc) is 2.93. The van der Waals surface area contributed by atoms with E-state index in [1.54, 1.807) is 66.7 Å². The maximum absolute atomic E-state index is 12.3. The fourth-order valence-electron chi connectivity index (χ4n) is 3.10. The highest BCUT2D eigenvalue weighted by Gasteiger charge is 2.13. The van der Waals surface area contributed by atoms with Gasteiger partial charge in [0.2, 0.25) is 0 Å². The highest BCUT2D eigenvalue weighted by Crippen LogP contribution is 2.28. The van der Waals surface area contributed by atoms with Crippen LogP contribution in [-0.2, 0) is 4.79 Å². The number of amides is 2. The summed E-state index contributed by atoms with van der Waals surface area (Å²) < 4.78 is 16.3. The van der Waals surface area contributed by atoms with Gasteiger partial charge in [-0.1, -0.05) is 31.5 Å². The minimum absolute atomic E-state index is 0.247. The van der Waals surface area contributed by atoms with Gasteiger partial charge in [-0.3, -0.25) is 9.59 Å². The molecule has 0 spiro atoms. The molecule has 0 aliphatic rings. The van der Waals surface area contributed by atoms with Gasteiger partial charge in [0, 0.05) is 5.56 Å². The van der Waals surface area contributed by atoms with E-state index in [1.165, 1.54) is 13.3 Å². The molecule has 0 aromatic heterocycles. The van der Waals surface area contributed by atoms with E-state index in [4.69, 9.17) is 14.2 Å². The molecular weight excluding hydrogens is 474 g/mol. The predicted octanol–water partition coefficient (Wildman–Crippen LogP) is 3.97. The first kappa shape index (κ1) is 26.9. The largest absolute Gasteiger partial charge is 0.494 e. The Morgan fingerprint density at radius 2 is 1.68 bits per heavy atom. The number of hydrazone groups is 1. The van der Waals surface area contributed by atoms with E-state index in [9.17, 15) is 14.4 Å². The van der Waals surface area contributed by atoms with Crippen LogP contribution in [0.4, 0.5) is 0 Å². The van der Waals surface area contributed by atoms with Gasteiger partial charge in [0.05, 0.1) is 32.0 Å². The number of ether oxygens (including phenoxy) is 3. The summed E-state index contributed by atoms with van der Waals surface area (Å²) in [6.07, 6.45) is 3.41. The molecule has 0 fully saturated rings. The number of unbranched alkanes of at least 4 members (excludes halogenated alkanes) is 1. The first-order valence-electron chi connectivity index (χ1n) is 11.8. The third-order valence-electron chi connectivity index (χ3n) is 5.10. The van der Waals surface area contributed by atoms with E-state index in [2.05, 4.69) is 22.8 Å². The van der Waals surface area contributed by atoms with E-state index in [0.29, 0.717) is 34.8 Å². The van der Waals surface area contributed by atoms with Crippen LogP contribution in [-0.4, -0.2) is 44.3 Å². The molecule has 2 amide bonds. The van der Waals surface area contributed by atoms with Crippen LogP contribution in [0.2, 0.25) is 0 Å². The Morgan fingerprint density at radius 1 is 0.919 bits per heavy atom. The molecule has 0 unspecified atom stereocenters. The summed E-state index contributed by atoms with van der Waals surface area (Å²) in [5.74, 6) is -0.120. The average molecular weight is 504 g/mol. The van der Waals surface area contributed by atoms with Crippen LogP contribution in [0, 0.1) is 0 Å². The summed E-state index contributed by atoms with van der Waals surface area (Å²) in [6, 6.07) is 20.2. The maximum Gasteiger partial charge on any atom is 0.343 e. The lowest BCUT2D eigenvalue weighted by atomic mass is 10.2. The molecule has 3 aromatic rings. The monoisotopic (exact) mass is 503 g/mol. The van der Waals surface area contributed by atoms with E-state index in [1.807, 2.05) is 6.07 Å². The number of rotatable bonds is 12. The number of benzene rings is 3. The first-order valence-corrected chi connectivity index (χ1v) is 11.8. The van der Waals surface area contributed by atoms with Crippen molar-refractivity contribution in [2.24, 2.45) is 5.10 Å². The van der Waals surface area contributed by atoms with E-state index in [-0.39, 0.29) is 18.2 Å². The number of hydrogen-bond donors (Lipinski definition) is 2. The first-order chi connectivity index (χ1) is 18.0. The lowest BCUT2D eigenvalue weighted by Gasteiger charge is -2.10. The number of esters is 1. The molecule has 192 valence electrons. The van der Waals surface area contributed by atoms with Crippen molar-refractivity contribution in [3.05, 3.63) is 89.5 Å². The zero-order valence-electron chi connectivity index (χ0n) is 20.7. The van der Waals surface area contributed by atoms with E-state index >= 15 is 0 Å². The SMILES string of the molecule is CCCCOc1ccc(C(=O)NCC(=O)N/N=C\c2ccc(OC(=O)c3ccccc3)c(OC)c2)cc1. The molecule has 37 heavy (non-hydrogen) atoms. The Balaban J connectivity index is 1.47. The van der Waals surface area contributed by atoms with Gasteiger partial charge in [-0.05, 0) is 66.6 Å². The normalized spacial score (nSPS) is 10.5. The quantitative estimate of drug-likeness (QED) is 0.127. The maximum atomic E-state index is 12.3. The number of carbonyl (C=O) groups is 3. The summed E-state index contributed by atoms with van der Waals surface area (Å²) in [5.41, 5.74) is 3.78. The van der Waals surface area contributed by atoms with Gasteiger partial charge < -0.3 is 19.5 Å². The van der Waals surface area contributed by atoms with Crippen molar-refractivity contribution >= 4 is 24.0 Å². The van der Waals surface area contributed by atoms with Gasteiger partial charge in [0.1, 0.15) is 5.75 Å². The van der Waals surface area contributed by atoms with Crippen molar-refractivity contribution in [2.75, 3.05) is 20.3 Å². The molecule has 3 rings (SSSR count). The Labute approximate surface area is 215 Å². The smallest absolute Gasteiger partial charge is 0.343 e. The van der Waals surface area contributed by atoms with Crippen LogP contribution in [0.15, 0.2) is 77.9 Å². The second kappa shape index (κ2) is 14.0. The van der Waals surface area contributed by atoms with Gasteiger partial charge in [0.15, 0.2) is 11.5 Å². The number of nitrogens with zero attached hydrogens (tertiary/aromatic N) is 1. The van der Waals surface area contributed by atoms with Gasteiger partial charge in [0.25, 0.3) is 11.8 Å². The van der Waals surface area contributed by atoms with Gasteiger partial charge in [-0.2, -0.15) is 5.10 Å². The predicted molar refractivity (Wildman–Crippen MR) is 139 cm³/mol. The highest BCUT2D eigenvalue weighted by atomic mass is 16.6. The molecule has 9 nitrogen and oxygen atoms in total. The molecule has 0 radical (unpaired) electrons. The molecule has 0 heterocycles. The van der Waals surface area contributed by atoms with Crippen molar-refractivity contribution in [1.82, 2.24) is 10.7 Å². The van der Waals surface area contributed by atoms with Gasteiger partial charge in [-0.25, -0.2) is 10.2 Å². The zero-order chi connectivity index (χ0) is 26.5. The van der Waals surface area contributed by atoms with Crippen LogP contribution < -0.4 is 25.0 Å². The van der Waals surface area contributed by atoms with Crippen LogP contribution >= 0.6 is 0 Å². The third-order valence-corrected chi connectivity index (χ3v) is 5.10. The Morgan fingerprint density at radius 3 is 2.38 bits per heavy atom. The number of methoxy groups -OCH3 is 1. The van der Waals surface area contributed by atoms with Crippen molar-refractivity contribution < 1.29 is 28.6 Å². The molecule has 0 saturated heterocycles. The summed E-state index contributed by atoms with van der Waals surface area (Å²) in [4.78, 5) is 36.6. The summed E-state index contributed by atoms with van der Waals surface area (Å²) >= 11 is 0. The molecule has 0 atom stereocenters. The van der Waals surface area contributed by atoms with Crippen LogP contribution in [0.3, 0.4) is 0 Å². The third kappa shape index (κ3) is 8.50. The van der Waals surface area contributed by atoms with Crippen LogP contribution in [0.1, 0.15) is 46.0 Å². The molecule has 9 heteroatoms. The second-order valence-electron chi connectivity index (χ2n) is 7.87. The minimum atomic E-state index is -0.508.